The number of hydrogen-bond acceptors (Lipinski definition) is 3. The SMILES string of the molecule is O=C(O)N1CCC(Oc2cccc(OCC(F)(F)F)c2)CC1. The number of ether oxygens (including phenoxy) is 2. The fraction of sp³-hybridized carbons (Fsp3) is 0.500. The molecule has 0 bridgehead atoms. The average molecular weight is 319 g/mol. The summed E-state index contributed by atoms with van der Waals surface area (Å²) in [5, 5.41) is 8.85. The molecular weight excluding hydrogens is 303 g/mol. The Balaban J connectivity index is 1.87. The van der Waals surface area contributed by atoms with E-state index < -0.39 is 18.9 Å². The molecule has 22 heavy (non-hydrogen) atoms. The number of nitrogens with zero attached hydrogens (tertiary/aromatic N) is 1. The molecule has 122 valence electrons. The number of carbonyl (C=O) groups is 1. The highest BCUT2D eigenvalue weighted by Gasteiger charge is 2.28. The van der Waals surface area contributed by atoms with Gasteiger partial charge in [-0.1, -0.05) is 6.07 Å². The quantitative estimate of drug-likeness (QED) is 0.926. The van der Waals surface area contributed by atoms with Crippen molar-refractivity contribution in [2.24, 2.45) is 0 Å². The second-order valence-electron chi connectivity index (χ2n) is 4.97. The Labute approximate surface area is 125 Å². The van der Waals surface area contributed by atoms with E-state index in [0.717, 1.165) is 0 Å². The Morgan fingerprint density at radius 3 is 2.50 bits per heavy atom. The molecule has 0 unspecified atom stereocenters. The Hall–Kier alpha value is -2.12. The van der Waals surface area contributed by atoms with Crippen molar-refractivity contribution in [2.75, 3.05) is 19.7 Å². The molecule has 1 aliphatic heterocycles. The molecule has 1 aromatic carbocycles. The van der Waals surface area contributed by atoms with Gasteiger partial charge in [-0.05, 0) is 12.1 Å². The topological polar surface area (TPSA) is 59.0 Å². The van der Waals surface area contributed by atoms with Gasteiger partial charge in [-0.3, -0.25) is 0 Å². The van der Waals surface area contributed by atoms with Crippen LogP contribution in [-0.4, -0.2) is 48.1 Å². The number of hydrogen-bond donors (Lipinski definition) is 1. The van der Waals surface area contributed by atoms with Gasteiger partial charge in [0.05, 0.1) is 0 Å². The Morgan fingerprint density at radius 2 is 1.91 bits per heavy atom. The smallest absolute Gasteiger partial charge is 0.422 e. The zero-order valence-electron chi connectivity index (χ0n) is 11.7. The lowest BCUT2D eigenvalue weighted by Gasteiger charge is -2.30. The van der Waals surface area contributed by atoms with Gasteiger partial charge in [-0.15, -0.1) is 0 Å². The highest BCUT2D eigenvalue weighted by molar-refractivity contribution is 5.65. The second-order valence-corrected chi connectivity index (χ2v) is 4.97. The van der Waals surface area contributed by atoms with Crippen molar-refractivity contribution in [1.82, 2.24) is 4.90 Å². The first kappa shape index (κ1) is 16.3. The van der Waals surface area contributed by atoms with Gasteiger partial charge in [-0.2, -0.15) is 13.2 Å². The van der Waals surface area contributed by atoms with E-state index in [-0.39, 0.29) is 11.9 Å². The number of rotatable bonds is 4. The number of halogens is 3. The summed E-state index contributed by atoms with van der Waals surface area (Å²) in [6, 6.07) is 6.00. The van der Waals surface area contributed by atoms with Crippen molar-refractivity contribution < 1.29 is 32.5 Å². The van der Waals surface area contributed by atoms with Crippen LogP contribution < -0.4 is 9.47 Å². The number of carboxylic acid groups (broad SMARTS) is 1. The summed E-state index contributed by atoms with van der Waals surface area (Å²) in [6.07, 6.45) is -4.42. The van der Waals surface area contributed by atoms with E-state index in [4.69, 9.17) is 9.84 Å². The standard InChI is InChI=1S/C14H16F3NO4/c15-14(16,17)9-21-11-2-1-3-12(8-11)22-10-4-6-18(7-5-10)13(19)20/h1-3,8,10H,4-7,9H2,(H,19,20). The van der Waals surface area contributed by atoms with Gasteiger partial charge >= 0.3 is 12.3 Å². The maximum absolute atomic E-state index is 12.1. The van der Waals surface area contributed by atoms with Crippen LogP contribution in [0.3, 0.4) is 0 Å². The van der Waals surface area contributed by atoms with Gasteiger partial charge in [0.1, 0.15) is 17.6 Å². The normalized spacial score (nSPS) is 16.4. The number of alkyl halides is 3. The molecule has 0 spiro atoms. The Kier molecular flexibility index (Phi) is 4.99. The maximum atomic E-state index is 12.1. The minimum absolute atomic E-state index is 0.0813. The van der Waals surface area contributed by atoms with Crippen molar-refractivity contribution in [3.8, 4) is 11.5 Å². The molecule has 1 aromatic rings. The van der Waals surface area contributed by atoms with E-state index in [1.807, 2.05) is 0 Å². The summed E-state index contributed by atoms with van der Waals surface area (Å²) in [7, 11) is 0. The monoisotopic (exact) mass is 319 g/mol. The molecule has 0 saturated carbocycles. The summed E-state index contributed by atoms with van der Waals surface area (Å²) in [5.41, 5.74) is 0. The molecule has 2 rings (SSSR count). The fourth-order valence-corrected chi connectivity index (χ4v) is 2.16. The summed E-state index contributed by atoms with van der Waals surface area (Å²) in [4.78, 5) is 12.1. The van der Waals surface area contributed by atoms with Crippen LogP contribution in [0.1, 0.15) is 12.8 Å². The molecule has 1 N–H and O–H groups in total. The molecule has 0 atom stereocenters. The molecule has 1 amide bonds. The molecule has 1 heterocycles. The van der Waals surface area contributed by atoms with Gasteiger partial charge in [-0.25, -0.2) is 4.79 Å². The number of amides is 1. The van der Waals surface area contributed by atoms with Crippen LogP contribution in [0.15, 0.2) is 24.3 Å². The van der Waals surface area contributed by atoms with Gasteiger partial charge < -0.3 is 19.5 Å². The third kappa shape index (κ3) is 5.01. The fourth-order valence-electron chi connectivity index (χ4n) is 2.16. The van der Waals surface area contributed by atoms with Crippen molar-refractivity contribution in [3.63, 3.8) is 0 Å². The lowest BCUT2D eigenvalue weighted by molar-refractivity contribution is -0.153. The van der Waals surface area contributed by atoms with Crippen LogP contribution in [0.2, 0.25) is 0 Å². The zero-order chi connectivity index (χ0) is 16.2. The van der Waals surface area contributed by atoms with Crippen molar-refractivity contribution in [1.29, 1.82) is 0 Å². The molecule has 1 fully saturated rings. The van der Waals surface area contributed by atoms with Crippen LogP contribution >= 0.6 is 0 Å². The van der Waals surface area contributed by atoms with Gasteiger partial charge in [0.25, 0.3) is 0 Å². The molecule has 0 radical (unpaired) electrons. The Bertz CT molecular complexity index is 513. The summed E-state index contributed by atoms with van der Waals surface area (Å²) < 4.78 is 46.7. The predicted molar refractivity (Wildman–Crippen MR) is 71.2 cm³/mol. The van der Waals surface area contributed by atoms with E-state index in [1.165, 1.54) is 17.0 Å². The second kappa shape index (κ2) is 6.76. The van der Waals surface area contributed by atoms with Crippen LogP contribution in [0.4, 0.5) is 18.0 Å². The average Bonchev–Trinajstić information content (AvgIpc) is 2.45. The molecule has 0 aromatic heterocycles. The lowest BCUT2D eigenvalue weighted by atomic mass is 10.1. The molecular formula is C14H16F3NO4. The highest BCUT2D eigenvalue weighted by Crippen LogP contribution is 2.25. The van der Waals surface area contributed by atoms with Gasteiger partial charge in [0.2, 0.25) is 0 Å². The highest BCUT2D eigenvalue weighted by atomic mass is 19.4. The molecule has 1 aliphatic rings. The number of likely N-dealkylation sites (tertiary alicyclic amines) is 1. The molecule has 1 saturated heterocycles. The van der Waals surface area contributed by atoms with E-state index in [0.29, 0.717) is 31.7 Å². The maximum Gasteiger partial charge on any atom is 0.422 e. The van der Waals surface area contributed by atoms with E-state index in [1.54, 1.807) is 12.1 Å². The largest absolute Gasteiger partial charge is 0.490 e. The summed E-state index contributed by atoms with van der Waals surface area (Å²) in [6.45, 7) is -0.595. The van der Waals surface area contributed by atoms with Gasteiger partial charge in [0.15, 0.2) is 6.61 Å². The first-order valence-electron chi connectivity index (χ1n) is 6.77. The third-order valence-electron chi connectivity index (χ3n) is 3.22. The minimum atomic E-state index is -4.39. The number of piperidine rings is 1. The molecule has 5 nitrogen and oxygen atoms in total. The molecule has 8 heteroatoms. The first-order chi connectivity index (χ1) is 10.3. The number of benzene rings is 1. The van der Waals surface area contributed by atoms with E-state index in [2.05, 4.69) is 4.74 Å². The van der Waals surface area contributed by atoms with Crippen LogP contribution in [0, 0.1) is 0 Å². The van der Waals surface area contributed by atoms with Gasteiger partial charge in [0, 0.05) is 32.0 Å². The predicted octanol–water partition coefficient (Wildman–Crippen LogP) is 3.15. The summed E-state index contributed by atoms with van der Waals surface area (Å²) >= 11 is 0. The third-order valence-corrected chi connectivity index (χ3v) is 3.22. The van der Waals surface area contributed by atoms with Crippen molar-refractivity contribution in [3.05, 3.63) is 24.3 Å². The molecule has 0 aliphatic carbocycles. The zero-order valence-corrected chi connectivity index (χ0v) is 11.7. The van der Waals surface area contributed by atoms with Crippen LogP contribution in [0.5, 0.6) is 11.5 Å². The lowest BCUT2D eigenvalue weighted by Crippen LogP contribution is -2.41. The van der Waals surface area contributed by atoms with Crippen molar-refractivity contribution in [2.45, 2.75) is 25.1 Å². The van der Waals surface area contributed by atoms with E-state index >= 15 is 0 Å². The minimum Gasteiger partial charge on any atom is -0.490 e. The first-order valence-corrected chi connectivity index (χ1v) is 6.77. The summed E-state index contributed by atoms with van der Waals surface area (Å²) in [5.74, 6) is 0.492. The Morgan fingerprint density at radius 1 is 1.27 bits per heavy atom. The van der Waals surface area contributed by atoms with Crippen molar-refractivity contribution >= 4 is 6.09 Å². The van der Waals surface area contributed by atoms with Crippen LogP contribution in [0.25, 0.3) is 0 Å². The van der Waals surface area contributed by atoms with Crippen LogP contribution in [-0.2, 0) is 0 Å². The van der Waals surface area contributed by atoms with E-state index in [9.17, 15) is 18.0 Å².